The predicted octanol–water partition coefficient (Wildman–Crippen LogP) is -0.340. The smallest absolute Gasteiger partial charge is 0.213 e. The van der Waals surface area contributed by atoms with Crippen LogP contribution >= 0.6 is 0 Å². The van der Waals surface area contributed by atoms with E-state index in [0.29, 0.717) is 6.71 Å². The van der Waals surface area contributed by atoms with Crippen LogP contribution in [-0.2, 0) is 26.9 Å². The second-order valence-electron chi connectivity index (χ2n) is 6.84. The van der Waals surface area contributed by atoms with Gasteiger partial charge in [-0.15, -0.1) is 0 Å². The van der Waals surface area contributed by atoms with Crippen LogP contribution in [0.3, 0.4) is 0 Å². The molecule has 0 N–H and O–H groups in total. The third kappa shape index (κ3) is 1.71. The molecule has 0 unspecified atom stereocenters. The number of benzene rings is 1. The number of hydrogen-bond donors (Lipinski definition) is 0. The highest BCUT2D eigenvalue weighted by Gasteiger charge is 2.47. The van der Waals surface area contributed by atoms with E-state index in [9.17, 15) is 0 Å². The zero-order chi connectivity index (χ0) is 15.6. The fraction of sp³-hybridized carbons (Fsp3) is 0.200. The van der Waals surface area contributed by atoms with Crippen molar-refractivity contribution in [3.63, 3.8) is 0 Å². The summed E-state index contributed by atoms with van der Waals surface area (Å²) < 4.78 is 4.64. The van der Waals surface area contributed by atoms with Crippen LogP contribution in [-0.4, -0.2) is 6.71 Å². The minimum Gasteiger partial charge on any atom is -0.213 e. The molecule has 23 heavy (non-hydrogen) atoms. The van der Waals surface area contributed by atoms with Crippen molar-refractivity contribution in [1.29, 1.82) is 0 Å². The van der Waals surface area contributed by atoms with Crippen molar-refractivity contribution in [3.8, 4) is 0 Å². The first-order valence-electron chi connectivity index (χ1n) is 8.29. The molecule has 5 rings (SSSR count). The lowest BCUT2D eigenvalue weighted by Crippen LogP contribution is -2.75. The number of nitrogens with zero attached hydrogens (tertiary/aromatic N) is 2. The lowest BCUT2D eigenvalue weighted by molar-refractivity contribution is -0.659. The molecule has 2 nitrogen and oxygen atoms in total. The Kier molecular flexibility index (Phi) is 2.58. The van der Waals surface area contributed by atoms with Gasteiger partial charge in [-0.3, -0.25) is 0 Å². The van der Waals surface area contributed by atoms with E-state index in [1.165, 1.54) is 33.4 Å². The molecule has 0 atom stereocenters. The molecule has 0 amide bonds. The van der Waals surface area contributed by atoms with E-state index < -0.39 is 0 Å². The Morgan fingerprint density at radius 2 is 1.17 bits per heavy atom. The average molecular weight is 298 g/mol. The van der Waals surface area contributed by atoms with Gasteiger partial charge in [0.25, 0.3) is 0 Å². The Hall–Kier alpha value is -2.42. The van der Waals surface area contributed by atoms with Crippen LogP contribution in [0.5, 0.6) is 0 Å². The van der Waals surface area contributed by atoms with Crippen molar-refractivity contribution in [2.45, 2.75) is 12.8 Å². The highest BCUT2D eigenvalue weighted by atomic mass is 14.9. The number of aryl methyl sites for hydroxylation is 2. The largest absolute Gasteiger partial charge is 0.407 e. The maximum absolute atomic E-state index is 2.32. The third-order valence-corrected chi connectivity index (χ3v) is 5.52. The lowest BCUT2D eigenvalue weighted by Gasteiger charge is -2.29. The van der Waals surface area contributed by atoms with Crippen molar-refractivity contribution in [2.24, 2.45) is 14.1 Å². The Morgan fingerprint density at radius 1 is 0.696 bits per heavy atom. The molecule has 110 valence electrons. The van der Waals surface area contributed by atoms with Crippen LogP contribution < -0.4 is 25.8 Å². The molecule has 2 aliphatic heterocycles. The first-order chi connectivity index (χ1) is 11.2. The summed E-state index contributed by atoms with van der Waals surface area (Å²) in [4.78, 5) is 0. The molecule has 0 saturated carbocycles. The maximum atomic E-state index is 2.32. The number of pyridine rings is 2. The van der Waals surface area contributed by atoms with Gasteiger partial charge in [-0.05, 0) is 28.7 Å². The van der Waals surface area contributed by atoms with Gasteiger partial charge in [-0.2, -0.15) is 0 Å². The van der Waals surface area contributed by atoms with Gasteiger partial charge in [-0.25, -0.2) is 9.13 Å². The van der Waals surface area contributed by atoms with Gasteiger partial charge < -0.3 is 0 Å². The Labute approximate surface area is 137 Å². The lowest BCUT2D eigenvalue weighted by atomic mass is 9.33. The normalized spacial score (nSPS) is 14.1. The van der Waals surface area contributed by atoms with E-state index in [1.807, 2.05) is 0 Å². The summed E-state index contributed by atoms with van der Waals surface area (Å²) in [6.45, 7) is 0.353. The van der Waals surface area contributed by atoms with Gasteiger partial charge >= 0.3 is 6.71 Å². The summed E-state index contributed by atoms with van der Waals surface area (Å²) in [5.41, 5.74) is 10.4. The molecule has 4 heterocycles. The van der Waals surface area contributed by atoms with Crippen molar-refractivity contribution < 1.29 is 9.13 Å². The Bertz CT molecular complexity index is 855. The van der Waals surface area contributed by atoms with E-state index in [1.54, 1.807) is 5.46 Å². The van der Waals surface area contributed by atoms with Gasteiger partial charge in [0.2, 0.25) is 0 Å². The van der Waals surface area contributed by atoms with Crippen molar-refractivity contribution in [3.05, 3.63) is 77.1 Å². The molecule has 0 aliphatic carbocycles. The first-order valence-corrected chi connectivity index (χ1v) is 8.29. The summed E-state index contributed by atoms with van der Waals surface area (Å²) in [7, 11) is 4.37. The van der Waals surface area contributed by atoms with E-state index in [0.717, 1.165) is 12.8 Å². The minimum absolute atomic E-state index is 0.353. The molecule has 2 aromatic heterocycles. The summed E-state index contributed by atoms with van der Waals surface area (Å²) in [6, 6.07) is 15.8. The quantitative estimate of drug-likeness (QED) is 0.273. The topological polar surface area (TPSA) is 7.76 Å². The Balaban J connectivity index is 1.91. The van der Waals surface area contributed by atoms with Crippen LogP contribution in [0.15, 0.2) is 54.9 Å². The fourth-order valence-corrected chi connectivity index (χ4v) is 4.60. The SMILES string of the molecule is C[n+]1cccc2c1B1c3c(cccc3Cc3ccc[n+](C)c31)C2. The van der Waals surface area contributed by atoms with E-state index >= 15 is 0 Å². The van der Waals surface area contributed by atoms with Gasteiger partial charge in [0, 0.05) is 36.1 Å². The molecule has 0 spiro atoms. The number of rotatable bonds is 0. The van der Waals surface area contributed by atoms with E-state index in [-0.39, 0.29) is 0 Å². The van der Waals surface area contributed by atoms with Crippen molar-refractivity contribution >= 4 is 23.4 Å². The van der Waals surface area contributed by atoms with Crippen LogP contribution in [0.4, 0.5) is 0 Å². The van der Waals surface area contributed by atoms with Gasteiger partial charge in [0.15, 0.2) is 23.6 Å². The maximum Gasteiger partial charge on any atom is 0.407 e. The summed E-state index contributed by atoms with van der Waals surface area (Å²) in [6.07, 6.45) is 6.47. The second-order valence-corrected chi connectivity index (χ2v) is 6.84. The zero-order valence-corrected chi connectivity index (χ0v) is 13.6. The molecular weight excluding hydrogens is 279 g/mol. The summed E-state index contributed by atoms with van der Waals surface area (Å²) >= 11 is 0. The number of hydrogen-bond acceptors (Lipinski definition) is 0. The van der Waals surface area contributed by atoms with Crippen LogP contribution in [0.25, 0.3) is 0 Å². The van der Waals surface area contributed by atoms with Crippen LogP contribution in [0.1, 0.15) is 22.3 Å². The number of fused-ring (bicyclic) bond motifs is 4. The minimum atomic E-state index is 0.353. The molecule has 0 saturated heterocycles. The fourth-order valence-electron chi connectivity index (χ4n) is 4.60. The zero-order valence-electron chi connectivity index (χ0n) is 13.6. The molecule has 0 bridgehead atoms. The molecular formula is C20H19BN2+2. The molecule has 0 fully saturated rings. The average Bonchev–Trinajstić information content (AvgIpc) is 2.55. The molecule has 1 aromatic carbocycles. The highest BCUT2D eigenvalue weighted by molar-refractivity contribution is 6.95. The van der Waals surface area contributed by atoms with Gasteiger partial charge in [0.1, 0.15) is 14.1 Å². The molecule has 3 aromatic rings. The summed E-state index contributed by atoms with van der Waals surface area (Å²) in [5, 5.41) is 0. The summed E-state index contributed by atoms with van der Waals surface area (Å²) in [5.74, 6) is 0. The Morgan fingerprint density at radius 3 is 1.70 bits per heavy atom. The van der Waals surface area contributed by atoms with Crippen molar-refractivity contribution in [2.75, 3.05) is 0 Å². The van der Waals surface area contributed by atoms with Crippen molar-refractivity contribution in [1.82, 2.24) is 0 Å². The number of aromatic nitrogens is 2. The van der Waals surface area contributed by atoms with Gasteiger partial charge in [-0.1, -0.05) is 18.2 Å². The predicted molar refractivity (Wildman–Crippen MR) is 91.9 cm³/mol. The van der Waals surface area contributed by atoms with E-state index in [2.05, 4.69) is 78.1 Å². The molecule has 0 radical (unpaired) electrons. The highest BCUT2D eigenvalue weighted by Crippen LogP contribution is 2.20. The van der Waals surface area contributed by atoms with Crippen LogP contribution in [0, 0.1) is 0 Å². The monoisotopic (exact) mass is 298 g/mol. The first kappa shape index (κ1) is 13.1. The van der Waals surface area contributed by atoms with Crippen LogP contribution in [0.2, 0.25) is 0 Å². The van der Waals surface area contributed by atoms with E-state index in [4.69, 9.17) is 0 Å². The third-order valence-electron chi connectivity index (χ3n) is 5.52. The standard InChI is InChI=1S/C20H19BN2/c1-22-10-4-8-16-12-14-6-3-7-15-13-17-9-5-11-23(2)20(17)21(18(14)15)19(16)22/h3-11H,12-13H2,1-2H3/q+2. The molecule has 2 aliphatic rings. The molecule has 3 heteroatoms. The van der Waals surface area contributed by atoms with Gasteiger partial charge in [0.05, 0.1) is 0 Å². The second kappa shape index (κ2) is 4.54.